The molecule has 0 aromatic rings. The van der Waals surface area contributed by atoms with E-state index in [0.717, 1.165) is 64.9 Å². The standard InChI is InChI=1S/C18H37N3O2/c1-4-17-13-20(9-10-21(17)11-12-23-3)15-18(22)14-19-7-5-16(2)6-8-19/h16-18,22H,4-15H2,1-3H3. The fourth-order valence-corrected chi connectivity index (χ4v) is 3.91. The summed E-state index contributed by atoms with van der Waals surface area (Å²) in [5.74, 6) is 0.855. The quantitative estimate of drug-likeness (QED) is 0.723. The highest BCUT2D eigenvalue weighted by molar-refractivity contribution is 4.83. The molecule has 0 saturated carbocycles. The van der Waals surface area contributed by atoms with Gasteiger partial charge in [0.2, 0.25) is 0 Å². The molecule has 2 fully saturated rings. The molecule has 1 N–H and O–H groups in total. The summed E-state index contributed by atoms with van der Waals surface area (Å²) in [4.78, 5) is 7.43. The van der Waals surface area contributed by atoms with E-state index in [1.54, 1.807) is 7.11 Å². The molecule has 5 heteroatoms. The molecule has 2 atom stereocenters. The maximum atomic E-state index is 10.5. The molecule has 0 radical (unpaired) electrons. The summed E-state index contributed by atoms with van der Waals surface area (Å²) in [6.45, 7) is 13.6. The molecule has 0 aromatic heterocycles. The van der Waals surface area contributed by atoms with Crippen LogP contribution in [0.25, 0.3) is 0 Å². The highest BCUT2D eigenvalue weighted by Gasteiger charge is 2.27. The Morgan fingerprint density at radius 3 is 2.43 bits per heavy atom. The van der Waals surface area contributed by atoms with Gasteiger partial charge in [0, 0.05) is 52.4 Å². The Balaban J connectivity index is 1.70. The zero-order valence-electron chi connectivity index (χ0n) is 15.4. The van der Waals surface area contributed by atoms with Crippen LogP contribution in [0.5, 0.6) is 0 Å². The van der Waals surface area contributed by atoms with E-state index >= 15 is 0 Å². The third-order valence-electron chi connectivity index (χ3n) is 5.56. The van der Waals surface area contributed by atoms with Gasteiger partial charge in [0.15, 0.2) is 0 Å². The first-order chi connectivity index (χ1) is 11.1. The van der Waals surface area contributed by atoms with Gasteiger partial charge in [-0.2, -0.15) is 0 Å². The van der Waals surface area contributed by atoms with Crippen molar-refractivity contribution in [3.63, 3.8) is 0 Å². The highest BCUT2D eigenvalue weighted by Crippen LogP contribution is 2.17. The third kappa shape index (κ3) is 6.31. The van der Waals surface area contributed by atoms with Crippen LogP contribution in [0.15, 0.2) is 0 Å². The third-order valence-corrected chi connectivity index (χ3v) is 5.56. The first-order valence-electron chi connectivity index (χ1n) is 9.48. The zero-order valence-corrected chi connectivity index (χ0v) is 15.4. The van der Waals surface area contributed by atoms with Crippen LogP contribution in [-0.2, 0) is 4.74 Å². The molecule has 136 valence electrons. The second kappa shape index (κ2) is 9.94. The average molecular weight is 328 g/mol. The van der Waals surface area contributed by atoms with Crippen molar-refractivity contribution in [3.8, 4) is 0 Å². The maximum absolute atomic E-state index is 10.5. The van der Waals surface area contributed by atoms with E-state index in [-0.39, 0.29) is 6.10 Å². The van der Waals surface area contributed by atoms with Crippen LogP contribution in [0.2, 0.25) is 0 Å². The molecule has 2 unspecified atom stereocenters. The number of nitrogens with zero attached hydrogens (tertiary/aromatic N) is 3. The predicted molar refractivity (Wildman–Crippen MR) is 94.8 cm³/mol. The molecule has 0 aromatic carbocycles. The number of rotatable bonds is 8. The SMILES string of the molecule is CCC1CN(CC(O)CN2CCC(C)CC2)CCN1CCOC. The number of piperidine rings is 1. The van der Waals surface area contributed by atoms with E-state index in [9.17, 15) is 5.11 Å². The van der Waals surface area contributed by atoms with E-state index in [1.807, 2.05) is 0 Å². The number of hydrogen-bond acceptors (Lipinski definition) is 5. The number of likely N-dealkylation sites (tertiary alicyclic amines) is 1. The zero-order chi connectivity index (χ0) is 16.7. The van der Waals surface area contributed by atoms with Gasteiger partial charge in [-0.15, -0.1) is 0 Å². The minimum absolute atomic E-state index is 0.216. The van der Waals surface area contributed by atoms with Crippen molar-refractivity contribution in [2.45, 2.75) is 45.3 Å². The Kier molecular flexibility index (Phi) is 8.27. The molecule has 23 heavy (non-hydrogen) atoms. The lowest BCUT2D eigenvalue weighted by molar-refractivity contribution is 0.0142. The van der Waals surface area contributed by atoms with Gasteiger partial charge in [-0.1, -0.05) is 13.8 Å². The van der Waals surface area contributed by atoms with Crippen molar-refractivity contribution in [1.29, 1.82) is 0 Å². The van der Waals surface area contributed by atoms with Crippen LogP contribution in [0.4, 0.5) is 0 Å². The Labute approximate surface area is 142 Å². The van der Waals surface area contributed by atoms with Crippen LogP contribution < -0.4 is 0 Å². The molecule has 2 rings (SSSR count). The predicted octanol–water partition coefficient (Wildman–Crippen LogP) is 1.12. The lowest BCUT2D eigenvalue weighted by Gasteiger charge is -2.42. The summed E-state index contributed by atoms with van der Waals surface area (Å²) in [5, 5.41) is 10.5. The molecule has 2 aliphatic heterocycles. The number of aliphatic hydroxyl groups is 1. The van der Waals surface area contributed by atoms with Crippen molar-refractivity contribution < 1.29 is 9.84 Å². The van der Waals surface area contributed by atoms with Gasteiger partial charge in [-0.25, -0.2) is 0 Å². The summed E-state index contributed by atoms with van der Waals surface area (Å²) < 4.78 is 5.22. The van der Waals surface area contributed by atoms with Crippen LogP contribution in [0.1, 0.15) is 33.1 Å². The van der Waals surface area contributed by atoms with Crippen molar-refractivity contribution >= 4 is 0 Å². The maximum Gasteiger partial charge on any atom is 0.0793 e. The Hall–Kier alpha value is -0.200. The van der Waals surface area contributed by atoms with Crippen molar-refractivity contribution in [2.75, 3.05) is 66.1 Å². The molecule has 2 aliphatic rings. The summed E-state index contributed by atoms with van der Waals surface area (Å²) in [5.41, 5.74) is 0. The Bertz CT molecular complexity index is 321. The van der Waals surface area contributed by atoms with Crippen molar-refractivity contribution in [1.82, 2.24) is 14.7 Å². The second-order valence-electron chi connectivity index (χ2n) is 7.49. The summed E-state index contributed by atoms with van der Waals surface area (Å²) in [6.07, 6.45) is 3.51. The summed E-state index contributed by atoms with van der Waals surface area (Å²) in [7, 11) is 1.77. The number of ether oxygens (including phenoxy) is 1. The average Bonchev–Trinajstić information content (AvgIpc) is 2.55. The number of β-amino-alcohol motifs (C(OH)–C–C–N with tert-alkyl or cyclic N) is 1. The first kappa shape index (κ1) is 19.1. The Morgan fingerprint density at radius 1 is 1.09 bits per heavy atom. The lowest BCUT2D eigenvalue weighted by atomic mass is 9.99. The number of methoxy groups -OCH3 is 1. The molecule has 0 bridgehead atoms. The number of piperazine rings is 1. The van der Waals surface area contributed by atoms with E-state index in [1.165, 1.54) is 19.3 Å². The summed E-state index contributed by atoms with van der Waals surface area (Å²) in [6, 6.07) is 0.599. The van der Waals surface area contributed by atoms with Crippen LogP contribution in [-0.4, -0.2) is 98.0 Å². The van der Waals surface area contributed by atoms with Gasteiger partial charge in [0.1, 0.15) is 0 Å². The number of hydrogen-bond donors (Lipinski definition) is 1. The van der Waals surface area contributed by atoms with E-state index < -0.39 is 0 Å². The fraction of sp³-hybridized carbons (Fsp3) is 1.00. The first-order valence-corrected chi connectivity index (χ1v) is 9.48. The van der Waals surface area contributed by atoms with E-state index in [4.69, 9.17) is 4.74 Å². The molecule has 5 nitrogen and oxygen atoms in total. The van der Waals surface area contributed by atoms with E-state index in [0.29, 0.717) is 6.04 Å². The van der Waals surface area contributed by atoms with Crippen LogP contribution in [0.3, 0.4) is 0 Å². The van der Waals surface area contributed by atoms with Gasteiger partial charge in [0.25, 0.3) is 0 Å². The van der Waals surface area contributed by atoms with Gasteiger partial charge in [0.05, 0.1) is 12.7 Å². The van der Waals surface area contributed by atoms with Gasteiger partial charge in [-0.05, 0) is 38.3 Å². The van der Waals surface area contributed by atoms with Crippen molar-refractivity contribution in [3.05, 3.63) is 0 Å². The van der Waals surface area contributed by atoms with Gasteiger partial charge < -0.3 is 14.7 Å². The van der Waals surface area contributed by atoms with Gasteiger partial charge >= 0.3 is 0 Å². The van der Waals surface area contributed by atoms with Crippen LogP contribution >= 0.6 is 0 Å². The Morgan fingerprint density at radius 2 is 1.78 bits per heavy atom. The molecular formula is C18H37N3O2. The largest absolute Gasteiger partial charge is 0.390 e. The number of aliphatic hydroxyl groups excluding tert-OH is 1. The van der Waals surface area contributed by atoms with Gasteiger partial charge in [-0.3, -0.25) is 9.80 Å². The molecule has 2 saturated heterocycles. The molecule has 0 aliphatic carbocycles. The normalized spacial score (nSPS) is 27.4. The highest BCUT2D eigenvalue weighted by atomic mass is 16.5. The second-order valence-corrected chi connectivity index (χ2v) is 7.49. The van der Waals surface area contributed by atoms with E-state index in [2.05, 4.69) is 28.5 Å². The monoisotopic (exact) mass is 327 g/mol. The topological polar surface area (TPSA) is 39.2 Å². The van der Waals surface area contributed by atoms with Crippen LogP contribution in [0, 0.1) is 5.92 Å². The minimum Gasteiger partial charge on any atom is -0.390 e. The minimum atomic E-state index is -0.216. The summed E-state index contributed by atoms with van der Waals surface area (Å²) >= 11 is 0. The molecular weight excluding hydrogens is 290 g/mol. The van der Waals surface area contributed by atoms with Crippen molar-refractivity contribution in [2.24, 2.45) is 5.92 Å². The molecule has 2 heterocycles. The smallest absolute Gasteiger partial charge is 0.0793 e. The lowest BCUT2D eigenvalue weighted by Crippen LogP contribution is -2.55. The fourth-order valence-electron chi connectivity index (χ4n) is 3.91. The molecule has 0 amide bonds. The molecule has 0 spiro atoms.